The lowest BCUT2D eigenvalue weighted by Gasteiger charge is -2.28. The molecule has 2 aliphatic rings. The lowest BCUT2D eigenvalue weighted by molar-refractivity contribution is 0.475. The first kappa shape index (κ1) is 12.1. The summed E-state index contributed by atoms with van der Waals surface area (Å²) < 4.78 is 0.524. The monoisotopic (exact) mass is 276 g/mol. The molecule has 1 atom stereocenters. The van der Waals surface area contributed by atoms with Crippen molar-refractivity contribution in [1.29, 1.82) is 0 Å². The molecule has 4 nitrogen and oxygen atoms in total. The van der Waals surface area contributed by atoms with Crippen molar-refractivity contribution in [2.75, 3.05) is 7.05 Å². The average Bonchev–Trinajstić information content (AvgIpc) is 2.86. The van der Waals surface area contributed by atoms with E-state index >= 15 is 0 Å². The van der Waals surface area contributed by atoms with Gasteiger partial charge in [0.05, 0.1) is 7.05 Å². The standard InChI is InChI=1S/C17H13N3O/c1-20-11-15(12-6-8-13(21)9-7-12)19-17(20)10-18-14-4-2-3-5-16(14)20/h2-11H,1H3/p+1. The third kappa shape index (κ3) is 1.73. The number of para-hydroxylation sites is 2. The van der Waals surface area contributed by atoms with Crippen molar-refractivity contribution in [1.82, 2.24) is 4.48 Å². The van der Waals surface area contributed by atoms with Gasteiger partial charge in [0.1, 0.15) is 29.5 Å². The van der Waals surface area contributed by atoms with E-state index in [2.05, 4.69) is 24.3 Å². The Labute approximate surface area is 122 Å². The second-order valence-corrected chi connectivity index (χ2v) is 5.35. The molecule has 2 heterocycles. The number of hydrogen-bond donors (Lipinski definition) is 1. The summed E-state index contributed by atoms with van der Waals surface area (Å²) in [5, 5.41) is 9.41. The van der Waals surface area contributed by atoms with E-state index < -0.39 is 0 Å². The second-order valence-electron chi connectivity index (χ2n) is 5.35. The van der Waals surface area contributed by atoms with Crippen LogP contribution in [0.2, 0.25) is 0 Å². The Kier molecular flexibility index (Phi) is 2.37. The molecule has 0 saturated carbocycles. The van der Waals surface area contributed by atoms with Crippen molar-refractivity contribution < 1.29 is 5.11 Å². The number of aliphatic imine (C=N–C) groups is 2. The highest BCUT2D eigenvalue weighted by Crippen LogP contribution is 2.40. The van der Waals surface area contributed by atoms with E-state index in [0.717, 1.165) is 28.5 Å². The molecule has 0 amide bonds. The fourth-order valence-corrected chi connectivity index (χ4v) is 2.77. The number of phenolic OH excluding ortho intramolecular Hbond substituents is 1. The molecule has 4 rings (SSSR count). The first-order valence-electron chi connectivity index (χ1n) is 6.78. The van der Waals surface area contributed by atoms with Crippen molar-refractivity contribution >= 4 is 29.1 Å². The molecule has 0 aliphatic carbocycles. The largest absolute Gasteiger partial charge is 0.508 e. The van der Waals surface area contributed by atoms with Crippen LogP contribution >= 0.6 is 0 Å². The third-order valence-corrected chi connectivity index (χ3v) is 3.96. The zero-order chi connectivity index (χ0) is 14.4. The van der Waals surface area contributed by atoms with Crippen molar-refractivity contribution in [3.05, 3.63) is 60.3 Å². The number of aromatic hydroxyl groups is 1. The Hall–Kier alpha value is -2.72. The number of hydrogen-bond acceptors (Lipinski definition) is 3. The highest BCUT2D eigenvalue weighted by atomic mass is 16.3. The minimum Gasteiger partial charge on any atom is -0.508 e. The zero-order valence-electron chi connectivity index (χ0n) is 11.6. The van der Waals surface area contributed by atoms with Gasteiger partial charge in [-0.1, -0.05) is 12.1 Å². The molecule has 0 fully saturated rings. The van der Waals surface area contributed by atoms with Crippen LogP contribution in [0.25, 0.3) is 5.70 Å². The summed E-state index contributed by atoms with van der Waals surface area (Å²) in [6.07, 6.45) is 3.94. The highest BCUT2D eigenvalue weighted by molar-refractivity contribution is 6.38. The van der Waals surface area contributed by atoms with Crippen LogP contribution in [0.15, 0.2) is 64.7 Å². The second kappa shape index (κ2) is 4.14. The van der Waals surface area contributed by atoms with Crippen LogP contribution in [0.1, 0.15) is 5.56 Å². The van der Waals surface area contributed by atoms with E-state index in [1.807, 2.05) is 36.5 Å². The predicted molar refractivity (Wildman–Crippen MR) is 85.8 cm³/mol. The van der Waals surface area contributed by atoms with Crippen LogP contribution in [0, 0.1) is 0 Å². The van der Waals surface area contributed by atoms with Crippen molar-refractivity contribution in [2.24, 2.45) is 9.98 Å². The number of amidine groups is 1. The minimum atomic E-state index is 0.259. The SMILES string of the molecule is C[N+]12C=C(c3ccc(O)cc3)N=C1C=Nc1ccccc12. The van der Waals surface area contributed by atoms with E-state index in [4.69, 9.17) is 4.99 Å². The van der Waals surface area contributed by atoms with Gasteiger partial charge in [-0.3, -0.25) is 0 Å². The fourth-order valence-electron chi connectivity index (χ4n) is 2.77. The Morgan fingerprint density at radius 2 is 1.76 bits per heavy atom. The average molecular weight is 276 g/mol. The molecule has 4 heteroatoms. The number of benzene rings is 2. The molecule has 1 unspecified atom stereocenters. The van der Waals surface area contributed by atoms with E-state index in [0.29, 0.717) is 4.48 Å². The summed E-state index contributed by atoms with van der Waals surface area (Å²) in [7, 11) is 2.11. The van der Waals surface area contributed by atoms with Crippen molar-refractivity contribution in [2.45, 2.75) is 0 Å². The fraction of sp³-hybridized carbons (Fsp3) is 0.0588. The van der Waals surface area contributed by atoms with Gasteiger partial charge < -0.3 is 5.11 Å². The lowest BCUT2D eigenvalue weighted by atomic mass is 10.1. The van der Waals surface area contributed by atoms with Crippen LogP contribution in [-0.2, 0) is 0 Å². The summed E-state index contributed by atoms with van der Waals surface area (Å²) >= 11 is 0. The van der Waals surface area contributed by atoms with Crippen molar-refractivity contribution in [3.63, 3.8) is 0 Å². The number of nitrogens with zero attached hydrogens (tertiary/aromatic N) is 3. The minimum absolute atomic E-state index is 0.259. The Bertz CT molecular complexity index is 818. The molecule has 0 radical (unpaired) electrons. The summed E-state index contributed by atoms with van der Waals surface area (Å²) in [5.41, 5.74) is 3.98. The Morgan fingerprint density at radius 3 is 2.57 bits per heavy atom. The maximum atomic E-state index is 9.41. The van der Waals surface area contributed by atoms with Gasteiger partial charge in [-0.15, -0.1) is 0 Å². The van der Waals surface area contributed by atoms with E-state index in [9.17, 15) is 5.11 Å². The van der Waals surface area contributed by atoms with Crippen LogP contribution in [0.4, 0.5) is 11.4 Å². The summed E-state index contributed by atoms with van der Waals surface area (Å²) in [6.45, 7) is 0. The topological polar surface area (TPSA) is 45.0 Å². The molecule has 0 spiro atoms. The van der Waals surface area contributed by atoms with E-state index in [1.165, 1.54) is 0 Å². The Balaban J connectivity index is 1.86. The molecule has 0 aromatic heterocycles. The maximum Gasteiger partial charge on any atom is 0.256 e. The molecule has 0 saturated heterocycles. The van der Waals surface area contributed by atoms with E-state index in [-0.39, 0.29) is 5.75 Å². The molecule has 102 valence electrons. The molecular formula is C17H14N3O+. The predicted octanol–water partition coefficient (Wildman–Crippen LogP) is 3.46. The highest BCUT2D eigenvalue weighted by Gasteiger charge is 2.39. The molecule has 21 heavy (non-hydrogen) atoms. The number of rotatable bonds is 1. The molecule has 0 bridgehead atoms. The maximum absolute atomic E-state index is 9.41. The smallest absolute Gasteiger partial charge is 0.256 e. The van der Waals surface area contributed by atoms with Crippen LogP contribution in [0.5, 0.6) is 5.75 Å². The van der Waals surface area contributed by atoms with Gasteiger partial charge in [-0.05, 0) is 30.3 Å². The van der Waals surface area contributed by atoms with Gasteiger partial charge in [0.25, 0.3) is 5.84 Å². The van der Waals surface area contributed by atoms with Crippen LogP contribution < -0.4 is 4.48 Å². The number of quaternary nitrogens is 1. The first-order chi connectivity index (χ1) is 10.2. The lowest BCUT2D eigenvalue weighted by Crippen LogP contribution is -2.45. The summed E-state index contributed by atoms with van der Waals surface area (Å²) in [6, 6.07) is 15.2. The zero-order valence-corrected chi connectivity index (χ0v) is 11.6. The summed E-state index contributed by atoms with van der Waals surface area (Å²) in [4.78, 5) is 9.18. The molecule has 2 aromatic carbocycles. The molecular weight excluding hydrogens is 262 g/mol. The third-order valence-electron chi connectivity index (χ3n) is 3.96. The number of fused-ring (bicyclic) bond motifs is 3. The summed E-state index contributed by atoms with van der Waals surface area (Å²) in [5.74, 6) is 1.16. The first-order valence-corrected chi connectivity index (χ1v) is 6.78. The normalized spacial score (nSPS) is 22.3. The van der Waals surface area contributed by atoms with Gasteiger partial charge >= 0.3 is 0 Å². The van der Waals surface area contributed by atoms with Gasteiger partial charge in [0.2, 0.25) is 0 Å². The Morgan fingerprint density at radius 1 is 1.00 bits per heavy atom. The quantitative estimate of drug-likeness (QED) is 0.796. The van der Waals surface area contributed by atoms with Gasteiger partial charge in [0.15, 0.2) is 5.69 Å². The molecule has 2 aliphatic heterocycles. The van der Waals surface area contributed by atoms with Gasteiger partial charge in [0, 0.05) is 11.6 Å². The van der Waals surface area contributed by atoms with Crippen molar-refractivity contribution in [3.8, 4) is 5.75 Å². The van der Waals surface area contributed by atoms with Gasteiger partial charge in [-0.2, -0.15) is 4.99 Å². The van der Waals surface area contributed by atoms with E-state index in [1.54, 1.807) is 12.1 Å². The van der Waals surface area contributed by atoms with Gasteiger partial charge in [-0.25, -0.2) is 9.48 Å². The van der Waals surface area contributed by atoms with Crippen LogP contribution in [-0.4, -0.2) is 24.2 Å². The number of phenols is 1. The molecule has 2 aromatic rings. The van der Waals surface area contributed by atoms with Crippen LogP contribution in [0.3, 0.4) is 0 Å². The molecule has 1 N–H and O–H groups in total.